The summed E-state index contributed by atoms with van der Waals surface area (Å²) in [6, 6.07) is 8.49. The highest BCUT2D eigenvalue weighted by atomic mass is 14.9. The van der Waals surface area contributed by atoms with Crippen LogP contribution in [0, 0.1) is 6.92 Å². The van der Waals surface area contributed by atoms with Crippen LogP contribution >= 0.6 is 0 Å². The van der Waals surface area contributed by atoms with Crippen molar-refractivity contribution in [2.45, 2.75) is 13.3 Å². The van der Waals surface area contributed by atoms with Crippen molar-refractivity contribution in [3.05, 3.63) is 41.6 Å². The van der Waals surface area contributed by atoms with Gasteiger partial charge < -0.3 is 10.3 Å². The van der Waals surface area contributed by atoms with E-state index in [4.69, 9.17) is 5.73 Å². The highest BCUT2D eigenvalue weighted by Gasteiger charge is 2.07. The molecule has 1 aromatic heterocycles. The predicted molar refractivity (Wildman–Crippen MR) is 70.4 cm³/mol. The minimum atomic E-state index is 0.708. The molecule has 0 spiro atoms. The number of hydrogen-bond acceptors (Lipinski definition) is 1. The lowest BCUT2D eigenvalue weighted by atomic mass is 10.1. The lowest BCUT2D eigenvalue weighted by molar-refractivity contribution is 0.945. The van der Waals surface area contributed by atoms with Gasteiger partial charge in [-0.15, -0.1) is 0 Å². The summed E-state index contributed by atoms with van der Waals surface area (Å²) < 4.78 is 2.23. The SMILES string of the molecule is Cc1c(/C=C/CCN)n(C)c2ccccc12. The van der Waals surface area contributed by atoms with Gasteiger partial charge in [-0.2, -0.15) is 0 Å². The van der Waals surface area contributed by atoms with Gasteiger partial charge in [-0.1, -0.05) is 24.3 Å². The monoisotopic (exact) mass is 214 g/mol. The summed E-state index contributed by atoms with van der Waals surface area (Å²) in [7, 11) is 2.11. The Labute approximate surface area is 96.4 Å². The molecule has 0 amide bonds. The molecule has 0 aliphatic carbocycles. The van der Waals surface area contributed by atoms with E-state index in [1.165, 1.54) is 22.2 Å². The van der Waals surface area contributed by atoms with Gasteiger partial charge >= 0.3 is 0 Å². The first-order valence-corrected chi connectivity index (χ1v) is 5.66. The molecule has 16 heavy (non-hydrogen) atoms. The van der Waals surface area contributed by atoms with Crippen molar-refractivity contribution < 1.29 is 0 Å². The van der Waals surface area contributed by atoms with Crippen molar-refractivity contribution in [2.24, 2.45) is 12.8 Å². The van der Waals surface area contributed by atoms with Crippen LogP contribution in [0.15, 0.2) is 30.3 Å². The molecule has 0 aliphatic rings. The van der Waals surface area contributed by atoms with Crippen molar-refractivity contribution in [1.82, 2.24) is 4.57 Å². The Morgan fingerprint density at radius 3 is 2.75 bits per heavy atom. The first kappa shape index (κ1) is 11.0. The van der Waals surface area contributed by atoms with E-state index >= 15 is 0 Å². The summed E-state index contributed by atoms with van der Waals surface area (Å²) >= 11 is 0. The third-order valence-electron chi connectivity index (χ3n) is 3.02. The van der Waals surface area contributed by atoms with Crippen molar-refractivity contribution in [2.75, 3.05) is 6.54 Å². The fraction of sp³-hybridized carbons (Fsp3) is 0.286. The second kappa shape index (κ2) is 4.54. The summed E-state index contributed by atoms with van der Waals surface area (Å²) in [5.41, 5.74) is 9.38. The molecule has 2 heteroatoms. The number of fused-ring (bicyclic) bond motifs is 1. The highest BCUT2D eigenvalue weighted by Crippen LogP contribution is 2.25. The molecule has 1 heterocycles. The van der Waals surface area contributed by atoms with Crippen LogP contribution in [0.1, 0.15) is 17.7 Å². The molecule has 0 unspecified atom stereocenters. The van der Waals surface area contributed by atoms with Crippen LogP contribution in [-0.4, -0.2) is 11.1 Å². The number of para-hydroxylation sites is 1. The molecule has 0 saturated carbocycles. The maximum atomic E-state index is 5.49. The van der Waals surface area contributed by atoms with Gasteiger partial charge in [0.05, 0.1) is 0 Å². The van der Waals surface area contributed by atoms with Crippen molar-refractivity contribution in [1.29, 1.82) is 0 Å². The van der Waals surface area contributed by atoms with Crippen molar-refractivity contribution in [3.63, 3.8) is 0 Å². The molecule has 0 bridgehead atoms. The van der Waals surface area contributed by atoms with Crippen molar-refractivity contribution in [3.8, 4) is 0 Å². The second-order valence-corrected chi connectivity index (χ2v) is 4.07. The Kier molecular flexibility index (Phi) is 3.11. The first-order valence-electron chi connectivity index (χ1n) is 5.66. The molecular formula is C14H18N2. The van der Waals surface area contributed by atoms with Crippen LogP contribution in [0.5, 0.6) is 0 Å². The van der Waals surface area contributed by atoms with Crippen LogP contribution in [0.3, 0.4) is 0 Å². The average Bonchev–Trinajstić information content (AvgIpc) is 2.55. The third kappa shape index (κ3) is 1.76. The maximum Gasteiger partial charge on any atom is 0.0485 e. The molecule has 0 radical (unpaired) electrons. The number of nitrogens with two attached hydrogens (primary N) is 1. The fourth-order valence-corrected chi connectivity index (χ4v) is 2.13. The Bertz CT molecular complexity index is 482. The summed E-state index contributed by atoms with van der Waals surface area (Å²) in [5, 5.41) is 1.33. The van der Waals surface area contributed by atoms with Crippen molar-refractivity contribution >= 4 is 17.0 Å². The third-order valence-corrected chi connectivity index (χ3v) is 3.02. The Morgan fingerprint density at radius 1 is 1.31 bits per heavy atom. The van der Waals surface area contributed by atoms with E-state index in [0.29, 0.717) is 6.54 Å². The number of nitrogens with zero attached hydrogens (tertiary/aromatic N) is 1. The molecule has 0 saturated heterocycles. The lowest BCUT2D eigenvalue weighted by Crippen LogP contribution is -1.96. The van der Waals surface area contributed by atoms with E-state index < -0.39 is 0 Å². The van der Waals surface area contributed by atoms with Gasteiger partial charge in [0.1, 0.15) is 0 Å². The molecule has 2 rings (SSSR count). The fourth-order valence-electron chi connectivity index (χ4n) is 2.13. The normalized spacial score (nSPS) is 11.7. The summed E-state index contributed by atoms with van der Waals surface area (Å²) in [6.07, 6.45) is 5.24. The number of hydrogen-bond donors (Lipinski definition) is 1. The molecule has 1 aromatic carbocycles. The quantitative estimate of drug-likeness (QED) is 0.836. The molecule has 0 aliphatic heterocycles. The zero-order valence-corrected chi connectivity index (χ0v) is 9.90. The van der Waals surface area contributed by atoms with Crippen LogP contribution < -0.4 is 5.73 Å². The summed E-state index contributed by atoms with van der Waals surface area (Å²) in [6.45, 7) is 2.88. The molecule has 2 aromatic rings. The lowest BCUT2D eigenvalue weighted by Gasteiger charge is -1.99. The molecule has 2 N–H and O–H groups in total. The Balaban J connectivity index is 2.53. The van der Waals surface area contributed by atoms with Gasteiger partial charge in [-0.25, -0.2) is 0 Å². The molecule has 84 valence electrons. The van der Waals surface area contributed by atoms with Gasteiger partial charge in [-0.05, 0) is 37.6 Å². The molecule has 0 atom stereocenters. The minimum Gasteiger partial charge on any atom is -0.344 e. The molecule has 2 nitrogen and oxygen atoms in total. The Hall–Kier alpha value is -1.54. The number of rotatable bonds is 3. The van der Waals surface area contributed by atoms with Crippen LogP contribution in [-0.2, 0) is 7.05 Å². The number of aryl methyl sites for hydroxylation is 2. The highest BCUT2D eigenvalue weighted by molar-refractivity contribution is 5.87. The summed E-state index contributed by atoms with van der Waals surface area (Å²) in [5.74, 6) is 0. The standard InChI is InChI=1S/C14H18N2/c1-11-12-7-3-4-9-14(12)16(2)13(11)8-5-6-10-15/h3-5,7-9H,6,10,15H2,1-2H3/b8-5+. The van der Waals surface area contributed by atoms with Gasteiger partial charge in [0, 0.05) is 23.6 Å². The smallest absolute Gasteiger partial charge is 0.0485 e. The van der Waals surface area contributed by atoms with Gasteiger partial charge in [0.2, 0.25) is 0 Å². The molecule has 0 fully saturated rings. The molecular weight excluding hydrogens is 196 g/mol. The van der Waals surface area contributed by atoms with E-state index in [-0.39, 0.29) is 0 Å². The topological polar surface area (TPSA) is 30.9 Å². The van der Waals surface area contributed by atoms with Gasteiger partial charge in [0.15, 0.2) is 0 Å². The van der Waals surface area contributed by atoms with Gasteiger partial charge in [-0.3, -0.25) is 0 Å². The summed E-state index contributed by atoms with van der Waals surface area (Å²) in [4.78, 5) is 0. The first-order chi connectivity index (χ1) is 7.75. The minimum absolute atomic E-state index is 0.708. The van der Waals surface area contributed by atoms with Crippen LogP contribution in [0.4, 0.5) is 0 Å². The van der Waals surface area contributed by atoms with E-state index in [1.807, 2.05) is 0 Å². The largest absolute Gasteiger partial charge is 0.344 e. The Morgan fingerprint density at radius 2 is 2.06 bits per heavy atom. The average molecular weight is 214 g/mol. The van der Waals surface area contributed by atoms with Crippen LogP contribution in [0.25, 0.3) is 17.0 Å². The number of aromatic nitrogens is 1. The maximum absolute atomic E-state index is 5.49. The van der Waals surface area contributed by atoms with E-state index in [1.54, 1.807) is 0 Å². The van der Waals surface area contributed by atoms with Gasteiger partial charge in [0.25, 0.3) is 0 Å². The van der Waals surface area contributed by atoms with E-state index in [0.717, 1.165) is 6.42 Å². The zero-order chi connectivity index (χ0) is 11.5. The number of benzene rings is 1. The predicted octanol–water partition coefficient (Wildman–Crippen LogP) is 2.85. The second-order valence-electron chi connectivity index (χ2n) is 4.07. The van der Waals surface area contributed by atoms with Crippen LogP contribution in [0.2, 0.25) is 0 Å². The van der Waals surface area contributed by atoms with E-state index in [9.17, 15) is 0 Å². The van der Waals surface area contributed by atoms with E-state index in [2.05, 4.69) is 55.0 Å². The zero-order valence-electron chi connectivity index (χ0n) is 9.90.